The Balaban J connectivity index is 2.04. The summed E-state index contributed by atoms with van der Waals surface area (Å²) in [7, 11) is 0. The molecule has 1 aromatic rings. The second kappa shape index (κ2) is 3.45. The topological polar surface area (TPSA) is 41.3 Å². The number of rotatable bonds is 1. The van der Waals surface area contributed by atoms with Crippen LogP contribution >= 0.6 is 0 Å². The van der Waals surface area contributed by atoms with Crippen molar-refractivity contribution in [3.05, 3.63) is 66.1 Å². The molecule has 1 unspecified atom stereocenters. The zero-order chi connectivity index (χ0) is 11.0. The molecule has 3 rings (SSSR count). The summed E-state index contributed by atoms with van der Waals surface area (Å²) in [5, 5.41) is 3.25. The zero-order valence-corrected chi connectivity index (χ0v) is 8.80. The predicted octanol–water partition coefficient (Wildman–Crippen LogP) is 1.59. The van der Waals surface area contributed by atoms with E-state index >= 15 is 0 Å². The summed E-state index contributed by atoms with van der Waals surface area (Å²) in [6.45, 7) is 0. The highest BCUT2D eigenvalue weighted by Gasteiger charge is 2.28. The maximum atomic E-state index is 6.03. The van der Waals surface area contributed by atoms with Crippen LogP contribution in [0, 0.1) is 0 Å². The predicted molar refractivity (Wildman–Crippen MR) is 64.6 cm³/mol. The number of hydrogen-bond donors (Lipinski definition) is 2. The molecule has 2 heterocycles. The van der Waals surface area contributed by atoms with Gasteiger partial charge in [0, 0.05) is 11.8 Å². The van der Waals surface area contributed by atoms with Crippen LogP contribution in [-0.4, -0.2) is 11.1 Å². The molecule has 3 heteroatoms. The lowest BCUT2D eigenvalue weighted by Crippen LogP contribution is -2.33. The molecule has 0 saturated carbocycles. The number of benzene rings is 1. The van der Waals surface area contributed by atoms with Gasteiger partial charge in [-0.2, -0.15) is 0 Å². The van der Waals surface area contributed by atoms with E-state index in [0.717, 1.165) is 17.1 Å². The third-order valence-corrected chi connectivity index (χ3v) is 2.81. The Morgan fingerprint density at radius 3 is 2.75 bits per heavy atom. The molecular formula is C13H13N3. The van der Waals surface area contributed by atoms with E-state index in [1.165, 1.54) is 0 Å². The number of nitrogens with two attached hydrogens (primary N) is 1. The molecule has 0 fully saturated rings. The number of allylic oxidation sites excluding steroid dienone is 2. The van der Waals surface area contributed by atoms with E-state index in [4.69, 9.17) is 5.73 Å². The standard InChI is InChI=1S/C13H13N3/c14-13-12(10-6-2-1-3-7-10)16-9-5-4-8-11(16)15-13/h1-9,11,15H,14H2. The summed E-state index contributed by atoms with van der Waals surface area (Å²) < 4.78 is 0. The fourth-order valence-corrected chi connectivity index (χ4v) is 2.10. The first-order valence-electron chi connectivity index (χ1n) is 5.31. The first-order chi connectivity index (χ1) is 7.86. The Hall–Kier alpha value is -2.16. The van der Waals surface area contributed by atoms with Gasteiger partial charge in [0.05, 0.1) is 5.70 Å². The van der Waals surface area contributed by atoms with E-state index in [1.807, 2.05) is 36.6 Å². The minimum atomic E-state index is 0.153. The first-order valence-corrected chi connectivity index (χ1v) is 5.31. The van der Waals surface area contributed by atoms with E-state index in [2.05, 4.69) is 28.4 Å². The average Bonchev–Trinajstić information content (AvgIpc) is 2.66. The van der Waals surface area contributed by atoms with Gasteiger partial charge in [-0.05, 0) is 12.2 Å². The van der Waals surface area contributed by atoms with Crippen LogP contribution in [0.2, 0.25) is 0 Å². The summed E-state index contributed by atoms with van der Waals surface area (Å²) in [5.41, 5.74) is 8.21. The summed E-state index contributed by atoms with van der Waals surface area (Å²) >= 11 is 0. The van der Waals surface area contributed by atoms with Crippen LogP contribution in [0.15, 0.2) is 60.6 Å². The number of nitrogens with one attached hydrogen (secondary N) is 1. The van der Waals surface area contributed by atoms with E-state index in [-0.39, 0.29) is 6.17 Å². The van der Waals surface area contributed by atoms with Gasteiger partial charge < -0.3 is 16.0 Å². The lowest BCUT2D eigenvalue weighted by Gasteiger charge is -2.24. The molecule has 0 saturated heterocycles. The molecule has 0 amide bonds. The molecule has 0 aromatic heterocycles. The van der Waals surface area contributed by atoms with Gasteiger partial charge in [-0.3, -0.25) is 0 Å². The average molecular weight is 211 g/mol. The quantitative estimate of drug-likeness (QED) is 0.741. The minimum Gasteiger partial charge on any atom is -0.384 e. The van der Waals surface area contributed by atoms with E-state index in [9.17, 15) is 0 Å². The van der Waals surface area contributed by atoms with E-state index in [0.29, 0.717) is 0 Å². The van der Waals surface area contributed by atoms with Gasteiger partial charge in [0.1, 0.15) is 12.0 Å². The van der Waals surface area contributed by atoms with Crippen molar-refractivity contribution in [1.82, 2.24) is 10.2 Å². The van der Waals surface area contributed by atoms with E-state index in [1.54, 1.807) is 0 Å². The van der Waals surface area contributed by atoms with Gasteiger partial charge in [0.15, 0.2) is 0 Å². The molecule has 3 N–H and O–H groups in total. The fourth-order valence-electron chi connectivity index (χ4n) is 2.10. The molecule has 3 nitrogen and oxygen atoms in total. The summed E-state index contributed by atoms with van der Waals surface area (Å²) in [6, 6.07) is 10.2. The Morgan fingerprint density at radius 2 is 1.94 bits per heavy atom. The van der Waals surface area contributed by atoms with Crippen molar-refractivity contribution in [3.63, 3.8) is 0 Å². The molecule has 16 heavy (non-hydrogen) atoms. The number of nitrogens with zero attached hydrogens (tertiary/aromatic N) is 1. The van der Waals surface area contributed by atoms with Crippen molar-refractivity contribution in [2.75, 3.05) is 0 Å². The molecule has 1 atom stereocenters. The number of hydrogen-bond acceptors (Lipinski definition) is 3. The molecular weight excluding hydrogens is 198 g/mol. The lowest BCUT2D eigenvalue weighted by atomic mass is 10.1. The van der Waals surface area contributed by atoms with Gasteiger partial charge >= 0.3 is 0 Å². The molecule has 2 aliphatic heterocycles. The number of fused-ring (bicyclic) bond motifs is 1. The maximum absolute atomic E-state index is 6.03. The van der Waals surface area contributed by atoms with Gasteiger partial charge in [-0.25, -0.2) is 0 Å². The summed E-state index contributed by atoms with van der Waals surface area (Å²) in [5.74, 6) is 0.729. The third-order valence-electron chi connectivity index (χ3n) is 2.81. The molecule has 1 aromatic carbocycles. The molecule has 0 spiro atoms. The van der Waals surface area contributed by atoms with Crippen LogP contribution in [0.25, 0.3) is 5.70 Å². The van der Waals surface area contributed by atoms with Crippen molar-refractivity contribution in [2.24, 2.45) is 5.73 Å². The van der Waals surface area contributed by atoms with Crippen LogP contribution in [0.1, 0.15) is 5.56 Å². The molecule has 0 bridgehead atoms. The van der Waals surface area contributed by atoms with Crippen LogP contribution in [0.4, 0.5) is 0 Å². The highest BCUT2D eigenvalue weighted by molar-refractivity contribution is 5.70. The highest BCUT2D eigenvalue weighted by Crippen LogP contribution is 2.29. The van der Waals surface area contributed by atoms with Crippen molar-refractivity contribution in [3.8, 4) is 0 Å². The monoisotopic (exact) mass is 211 g/mol. The highest BCUT2D eigenvalue weighted by atomic mass is 15.3. The van der Waals surface area contributed by atoms with Gasteiger partial charge in [-0.1, -0.05) is 36.4 Å². The van der Waals surface area contributed by atoms with Gasteiger partial charge in [-0.15, -0.1) is 0 Å². The van der Waals surface area contributed by atoms with Gasteiger partial charge in [0.25, 0.3) is 0 Å². The Morgan fingerprint density at radius 1 is 1.12 bits per heavy atom. The Labute approximate surface area is 94.6 Å². The fraction of sp³-hybridized carbons (Fsp3) is 0.0769. The summed E-state index contributed by atoms with van der Waals surface area (Å²) in [4.78, 5) is 2.14. The second-order valence-corrected chi connectivity index (χ2v) is 3.85. The van der Waals surface area contributed by atoms with Crippen molar-refractivity contribution in [2.45, 2.75) is 6.17 Å². The molecule has 0 aliphatic carbocycles. The van der Waals surface area contributed by atoms with Crippen LogP contribution in [0.3, 0.4) is 0 Å². The largest absolute Gasteiger partial charge is 0.384 e. The maximum Gasteiger partial charge on any atom is 0.124 e. The summed E-state index contributed by atoms with van der Waals surface area (Å²) in [6.07, 6.45) is 8.32. The Bertz CT molecular complexity index is 485. The van der Waals surface area contributed by atoms with Crippen LogP contribution < -0.4 is 11.1 Å². The Kier molecular flexibility index (Phi) is 1.96. The first kappa shape index (κ1) is 9.09. The molecule has 2 aliphatic rings. The molecule has 80 valence electrons. The molecule has 0 radical (unpaired) electrons. The minimum absolute atomic E-state index is 0.153. The smallest absolute Gasteiger partial charge is 0.124 e. The SMILES string of the molecule is NC1=C(c2ccccc2)N2C=CC=CC2N1. The normalized spacial score (nSPS) is 22.2. The second-order valence-electron chi connectivity index (χ2n) is 3.85. The van der Waals surface area contributed by atoms with Crippen molar-refractivity contribution >= 4 is 5.70 Å². The van der Waals surface area contributed by atoms with Crippen molar-refractivity contribution in [1.29, 1.82) is 0 Å². The van der Waals surface area contributed by atoms with Gasteiger partial charge in [0.2, 0.25) is 0 Å². The lowest BCUT2D eigenvalue weighted by molar-refractivity contribution is 0.438. The van der Waals surface area contributed by atoms with E-state index < -0.39 is 0 Å². The van der Waals surface area contributed by atoms with Crippen LogP contribution in [0.5, 0.6) is 0 Å². The zero-order valence-electron chi connectivity index (χ0n) is 8.80. The van der Waals surface area contributed by atoms with Crippen LogP contribution in [-0.2, 0) is 0 Å². The van der Waals surface area contributed by atoms with Crippen molar-refractivity contribution < 1.29 is 0 Å². The third kappa shape index (κ3) is 1.29.